The Labute approximate surface area is 134 Å². The van der Waals surface area contributed by atoms with Gasteiger partial charge in [-0.25, -0.2) is 4.98 Å². The van der Waals surface area contributed by atoms with Gasteiger partial charge in [0.05, 0.1) is 24.0 Å². The highest BCUT2D eigenvalue weighted by molar-refractivity contribution is 5.96. The van der Waals surface area contributed by atoms with E-state index in [9.17, 15) is 4.79 Å². The van der Waals surface area contributed by atoms with Crippen molar-refractivity contribution in [3.8, 4) is 11.3 Å². The van der Waals surface area contributed by atoms with Crippen molar-refractivity contribution in [2.24, 2.45) is 0 Å². The smallest absolute Gasteiger partial charge is 0.255 e. The fraction of sp³-hybridized carbons (Fsp3) is 0.222. The van der Waals surface area contributed by atoms with Gasteiger partial charge in [-0.05, 0) is 26.3 Å². The Kier molecular flexibility index (Phi) is 4.02. The van der Waals surface area contributed by atoms with Crippen LogP contribution in [0, 0.1) is 20.8 Å². The number of aromatic amines is 1. The zero-order chi connectivity index (χ0) is 16.4. The average molecular weight is 309 g/mol. The SMILES string of the molecule is Cc1oc(C)c(C(=O)NCc2ncc(-c3ccccc3)[nH]2)c1C. The quantitative estimate of drug-likeness (QED) is 0.774. The molecule has 5 heteroatoms. The van der Waals surface area contributed by atoms with E-state index in [1.165, 1.54) is 0 Å². The van der Waals surface area contributed by atoms with Crippen LogP contribution >= 0.6 is 0 Å². The van der Waals surface area contributed by atoms with Crippen LogP contribution in [0.3, 0.4) is 0 Å². The minimum atomic E-state index is -0.144. The molecule has 2 aromatic heterocycles. The van der Waals surface area contributed by atoms with Gasteiger partial charge in [0.15, 0.2) is 0 Å². The van der Waals surface area contributed by atoms with Crippen LogP contribution in [-0.4, -0.2) is 15.9 Å². The molecule has 3 rings (SSSR count). The average Bonchev–Trinajstić information content (AvgIpc) is 3.11. The lowest BCUT2D eigenvalue weighted by atomic mass is 10.1. The molecule has 0 saturated carbocycles. The van der Waals surface area contributed by atoms with Crippen LogP contribution in [0.5, 0.6) is 0 Å². The number of rotatable bonds is 4. The molecule has 1 aromatic carbocycles. The summed E-state index contributed by atoms with van der Waals surface area (Å²) in [6.07, 6.45) is 1.77. The number of amides is 1. The summed E-state index contributed by atoms with van der Waals surface area (Å²) in [5.41, 5.74) is 3.48. The zero-order valence-corrected chi connectivity index (χ0v) is 13.4. The number of imidazole rings is 1. The number of furan rings is 1. The van der Waals surface area contributed by atoms with Crippen LogP contribution in [0.4, 0.5) is 0 Å². The number of nitrogens with one attached hydrogen (secondary N) is 2. The van der Waals surface area contributed by atoms with E-state index in [2.05, 4.69) is 15.3 Å². The highest BCUT2D eigenvalue weighted by Gasteiger charge is 2.18. The highest BCUT2D eigenvalue weighted by Crippen LogP contribution is 2.20. The van der Waals surface area contributed by atoms with Gasteiger partial charge in [0, 0.05) is 5.56 Å². The summed E-state index contributed by atoms with van der Waals surface area (Å²) in [5.74, 6) is 1.99. The molecule has 0 saturated heterocycles. The van der Waals surface area contributed by atoms with Crippen molar-refractivity contribution in [3.05, 3.63) is 65.0 Å². The number of aryl methyl sites for hydroxylation is 2. The monoisotopic (exact) mass is 309 g/mol. The maximum atomic E-state index is 12.3. The van der Waals surface area contributed by atoms with Crippen LogP contribution in [0.2, 0.25) is 0 Å². The summed E-state index contributed by atoms with van der Waals surface area (Å²) < 4.78 is 5.50. The lowest BCUT2D eigenvalue weighted by Crippen LogP contribution is -2.24. The number of aromatic nitrogens is 2. The molecule has 3 aromatic rings. The molecule has 2 heterocycles. The van der Waals surface area contributed by atoms with Crippen molar-refractivity contribution in [1.29, 1.82) is 0 Å². The van der Waals surface area contributed by atoms with E-state index >= 15 is 0 Å². The van der Waals surface area contributed by atoms with Crippen LogP contribution in [0.25, 0.3) is 11.3 Å². The lowest BCUT2D eigenvalue weighted by molar-refractivity contribution is 0.0948. The normalized spacial score (nSPS) is 10.7. The summed E-state index contributed by atoms with van der Waals surface area (Å²) in [6.45, 7) is 5.89. The maximum Gasteiger partial charge on any atom is 0.255 e. The van der Waals surface area contributed by atoms with Gasteiger partial charge in [-0.3, -0.25) is 4.79 Å². The first-order valence-corrected chi connectivity index (χ1v) is 7.50. The van der Waals surface area contributed by atoms with Crippen LogP contribution in [-0.2, 0) is 6.54 Å². The standard InChI is InChI=1S/C18H19N3O2/c1-11-12(2)23-13(3)17(11)18(22)20-10-16-19-9-15(21-16)14-7-5-4-6-8-14/h4-9H,10H2,1-3H3,(H,19,21)(H,20,22). The molecule has 1 amide bonds. The zero-order valence-electron chi connectivity index (χ0n) is 13.4. The second-order valence-corrected chi connectivity index (χ2v) is 5.51. The number of benzene rings is 1. The number of carbonyl (C=O) groups is 1. The largest absolute Gasteiger partial charge is 0.466 e. The van der Waals surface area contributed by atoms with Gasteiger partial charge in [0.2, 0.25) is 0 Å². The number of hydrogen-bond acceptors (Lipinski definition) is 3. The molecule has 5 nitrogen and oxygen atoms in total. The molecule has 2 N–H and O–H groups in total. The summed E-state index contributed by atoms with van der Waals surface area (Å²) in [6, 6.07) is 9.95. The third-order valence-electron chi connectivity index (χ3n) is 3.92. The van der Waals surface area contributed by atoms with Gasteiger partial charge in [-0.2, -0.15) is 0 Å². The molecule has 0 aliphatic carbocycles. The van der Waals surface area contributed by atoms with E-state index in [0.29, 0.717) is 23.7 Å². The molecule has 0 unspecified atom stereocenters. The van der Waals surface area contributed by atoms with Crippen molar-refractivity contribution in [2.75, 3.05) is 0 Å². The van der Waals surface area contributed by atoms with Gasteiger partial charge >= 0.3 is 0 Å². The van der Waals surface area contributed by atoms with Gasteiger partial charge in [-0.15, -0.1) is 0 Å². The van der Waals surface area contributed by atoms with Crippen LogP contribution in [0.15, 0.2) is 40.9 Å². The van der Waals surface area contributed by atoms with E-state index in [0.717, 1.165) is 22.6 Å². The molecule has 0 spiro atoms. The molecule has 0 aliphatic rings. The topological polar surface area (TPSA) is 70.9 Å². The molecule has 0 fully saturated rings. The van der Waals surface area contributed by atoms with Crippen molar-refractivity contribution < 1.29 is 9.21 Å². The fourth-order valence-corrected chi connectivity index (χ4v) is 2.60. The number of hydrogen-bond donors (Lipinski definition) is 2. The molecule has 0 aliphatic heterocycles. The molecule has 23 heavy (non-hydrogen) atoms. The van der Waals surface area contributed by atoms with Crippen molar-refractivity contribution in [1.82, 2.24) is 15.3 Å². The van der Waals surface area contributed by atoms with Gasteiger partial charge in [0.1, 0.15) is 17.3 Å². The molecule has 0 bridgehead atoms. The molecule has 0 atom stereocenters. The second kappa shape index (κ2) is 6.12. The van der Waals surface area contributed by atoms with Crippen LogP contribution < -0.4 is 5.32 Å². The van der Waals surface area contributed by atoms with Crippen LogP contribution in [0.1, 0.15) is 33.3 Å². The summed E-state index contributed by atoms with van der Waals surface area (Å²) in [7, 11) is 0. The predicted octanol–water partition coefficient (Wildman–Crippen LogP) is 3.52. The Morgan fingerprint density at radius 1 is 1.17 bits per heavy atom. The van der Waals surface area contributed by atoms with Gasteiger partial charge in [-0.1, -0.05) is 30.3 Å². The lowest BCUT2D eigenvalue weighted by Gasteiger charge is -2.03. The van der Waals surface area contributed by atoms with Crippen molar-refractivity contribution in [3.63, 3.8) is 0 Å². The first kappa shape index (κ1) is 15.1. The first-order chi connectivity index (χ1) is 11.1. The van der Waals surface area contributed by atoms with Gasteiger partial charge in [0.25, 0.3) is 5.91 Å². The Hall–Kier alpha value is -2.82. The summed E-state index contributed by atoms with van der Waals surface area (Å²) >= 11 is 0. The fourth-order valence-electron chi connectivity index (χ4n) is 2.60. The highest BCUT2D eigenvalue weighted by atomic mass is 16.3. The molecular weight excluding hydrogens is 290 g/mol. The number of nitrogens with zero attached hydrogens (tertiary/aromatic N) is 1. The first-order valence-electron chi connectivity index (χ1n) is 7.50. The minimum absolute atomic E-state index is 0.144. The summed E-state index contributed by atoms with van der Waals surface area (Å²) in [4.78, 5) is 19.9. The van der Waals surface area contributed by atoms with E-state index in [4.69, 9.17) is 4.42 Å². The van der Waals surface area contributed by atoms with E-state index in [1.54, 1.807) is 13.1 Å². The Bertz CT molecular complexity index is 831. The summed E-state index contributed by atoms with van der Waals surface area (Å²) in [5, 5.41) is 2.88. The Balaban J connectivity index is 1.69. The second-order valence-electron chi connectivity index (χ2n) is 5.51. The van der Waals surface area contributed by atoms with Crippen molar-refractivity contribution >= 4 is 5.91 Å². The van der Waals surface area contributed by atoms with Gasteiger partial charge < -0.3 is 14.7 Å². The number of H-pyrrole nitrogens is 1. The number of carbonyl (C=O) groups excluding carboxylic acids is 1. The Morgan fingerprint density at radius 3 is 2.57 bits per heavy atom. The molecular formula is C18H19N3O2. The Morgan fingerprint density at radius 2 is 1.91 bits per heavy atom. The predicted molar refractivity (Wildman–Crippen MR) is 88.1 cm³/mol. The third-order valence-corrected chi connectivity index (χ3v) is 3.92. The van der Waals surface area contributed by atoms with E-state index in [1.807, 2.05) is 44.2 Å². The van der Waals surface area contributed by atoms with Crippen molar-refractivity contribution in [2.45, 2.75) is 27.3 Å². The third kappa shape index (κ3) is 3.04. The minimum Gasteiger partial charge on any atom is -0.466 e. The molecule has 118 valence electrons. The van der Waals surface area contributed by atoms with E-state index in [-0.39, 0.29) is 5.91 Å². The molecule has 0 radical (unpaired) electrons. The van der Waals surface area contributed by atoms with E-state index < -0.39 is 0 Å². The maximum absolute atomic E-state index is 12.3.